The SMILES string of the molecule is COc1nc(C=O)nc2c1CN(c1cccc(Br)c1Cl)C2. The second-order valence-corrected chi connectivity index (χ2v) is 5.80. The number of hydrogen-bond donors (Lipinski definition) is 0. The molecule has 0 saturated carbocycles. The second kappa shape index (κ2) is 5.61. The van der Waals surface area contributed by atoms with Gasteiger partial charge < -0.3 is 9.64 Å². The maximum atomic E-state index is 10.9. The number of nitrogens with zero attached hydrogens (tertiary/aromatic N) is 3. The van der Waals surface area contributed by atoms with Gasteiger partial charge in [-0.2, -0.15) is 4.98 Å². The summed E-state index contributed by atoms with van der Waals surface area (Å²) in [4.78, 5) is 21.3. The van der Waals surface area contributed by atoms with Crippen molar-refractivity contribution in [1.82, 2.24) is 9.97 Å². The van der Waals surface area contributed by atoms with E-state index in [1.807, 2.05) is 18.2 Å². The molecule has 0 aliphatic carbocycles. The fourth-order valence-electron chi connectivity index (χ4n) is 2.37. The van der Waals surface area contributed by atoms with E-state index in [4.69, 9.17) is 16.3 Å². The first kappa shape index (κ1) is 14.3. The van der Waals surface area contributed by atoms with Gasteiger partial charge in [-0.15, -0.1) is 0 Å². The summed E-state index contributed by atoms with van der Waals surface area (Å²) in [6.45, 7) is 1.15. The highest BCUT2D eigenvalue weighted by Gasteiger charge is 2.27. The predicted octanol–water partition coefficient (Wildman–Crippen LogP) is 3.23. The summed E-state index contributed by atoms with van der Waals surface area (Å²) < 4.78 is 6.10. The van der Waals surface area contributed by atoms with Gasteiger partial charge in [0.2, 0.25) is 5.88 Å². The number of anilines is 1. The van der Waals surface area contributed by atoms with Gasteiger partial charge in [0.25, 0.3) is 0 Å². The topological polar surface area (TPSA) is 55.3 Å². The van der Waals surface area contributed by atoms with Crippen LogP contribution in [0.15, 0.2) is 22.7 Å². The molecule has 3 rings (SSSR count). The third-order valence-corrected chi connectivity index (χ3v) is 4.62. The highest BCUT2D eigenvalue weighted by atomic mass is 79.9. The molecule has 0 unspecified atom stereocenters. The monoisotopic (exact) mass is 367 g/mol. The van der Waals surface area contributed by atoms with Crippen LogP contribution >= 0.6 is 27.5 Å². The zero-order chi connectivity index (χ0) is 15.0. The molecule has 2 heterocycles. The lowest BCUT2D eigenvalue weighted by atomic mass is 10.2. The standard InChI is InChI=1S/C14H11BrClN3O2/c1-21-14-8-5-19(6-10(8)17-12(7-20)18-14)11-4-2-3-9(15)13(11)16/h2-4,7H,5-6H2,1H3. The van der Waals surface area contributed by atoms with Gasteiger partial charge in [0, 0.05) is 4.47 Å². The summed E-state index contributed by atoms with van der Waals surface area (Å²) in [6, 6.07) is 5.76. The molecule has 1 aliphatic rings. The molecule has 0 N–H and O–H groups in total. The molecule has 0 atom stereocenters. The number of carbonyl (C=O) groups is 1. The maximum absolute atomic E-state index is 10.9. The van der Waals surface area contributed by atoms with Crippen LogP contribution in [0, 0.1) is 0 Å². The van der Waals surface area contributed by atoms with Gasteiger partial charge in [-0.1, -0.05) is 17.7 Å². The third kappa shape index (κ3) is 2.49. The molecule has 0 spiro atoms. The lowest BCUT2D eigenvalue weighted by Gasteiger charge is -2.19. The summed E-state index contributed by atoms with van der Waals surface area (Å²) in [6.07, 6.45) is 0.623. The fraction of sp³-hybridized carbons (Fsp3) is 0.214. The fourth-order valence-corrected chi connectivity index (χ4v) is 2.97. The molecule has 0 amide bonds. The van der Waals surface area contributed by atoms with Crippen LogP contribution in [-0.4, -0.2) is 23.4 Å². The lowest BCUT2D eigenvalue weighted by Crippen LogP contribution is -2.15. The smallest absolute Gasteiger partial charge is 0.222 e. The van der Waals surface area contributed by atoms with E-state index in [0.29, 0.717) is 30.3 Å². The van der Waals surface area contributed by atoms with Crippen molar-refractivity contribution >= 4 is 39.5 Å². The molecule has 0 bridgehead atoms. The molecule has 5 nitrogen and oxygen atoms in total. The third-order valence-electron chi connectivity index (χ3n) is 3.33. The Morgan fingerprint density at radius 3 is 2.90 bits per heavy atom. The first-order valence-electron chi connectivity index (χ1n) is 6.22. The summed E-state index contributed by atoms with van der Waals surface area (Å²) in [5, 5.41) is 0.646. The summed E-state index contributed by atoms with van der Waals surface area (Å²) in [7, 11) is 1.53. The number of aromatic nitrogens is 2. The van der Waals surface area contributed by atoms with Crippen molar-refractivity contribution in [3.63, 3.8) is 0 Å². The van der Waals surface area contributed by atoms with Crippen LogP contribution in [0.2, 0.25) is 5.02 Å². The van der Waals surface area contributed by atoms with Gasteiger partial charge in [-0.25, -0.2) is 4.98 Å². The van der Waals surface area contributed by atoms with E-state index >= 15 is 0 Å². The molecule has 1 aliphatic heterocycles. The summed E-state index contributed by atoms with van der Waals surface area (Å²) >= 11 is 9.76. The average molecular weight is 369 g/mol. The number of halogens is 2. The molecule has 0 fully saturated rings. The van der Waals surface area contributed by atoms with E-state index in [0.717, 1.165) is 21.4 Å². The Labute approximate surface area is 135 Å². The van der Waals surface area contributed by atoms with Gasteiger partial charge in [0.05, 0.1) is 42.2 Å². The average Bonchev–Trinajstić information content (AvgIpc) is 2.92. The van der Waals surface area contributed by atoms with E-state index in [2.05, 4.69) is 30.8 Å². The number of hydrogen-bond acceptors (Lipinski definition) is 5. The number of benzene rings is 1. The largest absolute Gasteiger partial charge is 0.481 e. The van der Waals surface area contributed by atoms with Crippen molar-refractivity contribution in [2.24, 2.45) is 0 Å². The molecule has 21 heavy (non-hydrogen) atoms. The van der Waals surface area contributed by atoms with Crippen molar-refractivity contribution in [1.29, 1.82) is 0 Å². The minimum absolute atomic E-state index is 0.132. The Morgan fingerprint density at radius 1 is 1.38 bits per heavy atom. The molecular weight excluding hydrogens is 358 g/mol. The normalized spacial score (nSPS) is 13.2. The summed E-state index contributed by atoms with van der Waals surface area (Å²) in [5.74, 6) is 0.573. The van der Waals surface area contributed by atoms with Gasteiger partial charge in [0.1, 0.15) is 0 Å². The first-order valence-corrected chi connectivity index (χ1v) is 7.39. The Hall–Kier alpha value is -1.66. The molecule has 0 radical (unpaired) electrons. The van der Waals surface area contributed by atoms with Crippen molar-refractivity contribution < 1.29 is 9.53 Å². The molecule has 7 heteroatoms. The van der Waals surface area contributed by atoms with E-state index in [9.17, 15) is 4.79 Å². The molecule has 1 aromatic carbocycles. The van der Waals surface area contributed by atoms with Crippen molar-refractivity contribution in [3.8, 4) is 5.88 Å². The minimum atomic E-state index is 0.132. The van der Waals surface area contributed by atoms with Crippen LogP contribution in [0.25, 0.3) is 0 Å². The lowest BCUT2D eigenvalue weighted by molar-refractivity contribution is 0.111. The van der Waals surface area contributed by atoms with Gasteiger partial charge in [0.15, 0.2) is 12.1 Å². The molecule has 108 valence electrons. The zero-order valence-corrected chi connectivity index (χ0v) is 13.5. The van der Waals surface area contributed by atoms with Crippen molar-refractivity contribution in [3.05, 3.63) is 44.8 Å². The van der Waals surface area contributed by atoms with Gasteiger partial charge >= 0.3 is 0 Å². The predicted molar refractivity (Wildman–Crippen MR) is 83.0 cm³/mol. The Bertz CT molecular complexity index is 724. The van der Waals surface area contributed by atoms with Crippen LogP contribution in [0.3, 0.4) is 0 Å². The quantitative estimate of drug-likeness (QED) is 0.779. The Kier molecular flexibility index (Phi) is 3.82. The number of methoxy groups -OCH3 is 1. The van der Waals surface area contributed by atoms with Crippen molar-refractivity contribution in [2.45, 2.75) is 13.1 Å². The zero-order valence-electron chi connectivity index (χ0n) is 11.1. The number of aldehydes is 1. The van der Waals surface area contributed by atoms with Crippen LogP contribution in [0.4, 0.5) is 5.69 Å². The molecule has 0 saturated heterocycles. The number of ether oxygens (including phenoxy) is 1. The number of fused-ring (bicyclic) bond motifs is 1. The molecular formula is C14H11BrClN3O2. The van der Waals surface area contributed by atoms with Crippen LogP contribution < -0.4 is 9.64 Å². The van der Waals surface area contributed by atoms with E-state index in [1.54, 1.807) is 0 Å². The second-order valence-electron chi connectivity index (χ2n) is 4.56. The highest BCUT2D eigenvalue weighted by Crippen LogP contribution is 2.38. The number of rotatable bonds is 3. The van der Waals surface area contributed by atoms with E-state index in [-0.39, 0.29) is 5.82 Å². The van der Waals surface area contributed by atoms with Crippen LogP contribution in [0.1, 0.15) is 21.9 Å². The van der Waals surface area contributed by atoms with Gasteiger partial charge in [-0.3, -0.25) is 4.79 Å². The van der Waals surface area contributed by atoms with E-state index < -0.39 is 0 Å². The molecule has 1 aromatic heterocycles. The van der Waals surface area contributed by atoms with Crippen molar-refractivity contribution in [2.75, 3.05) is 12.0 Å². The van der Waals surface area contributed by atoms with Gasteiger partial charge in [-0.05, 0) is 28.1 Å². The van der Waals surface area contributed by atoms with Crippen LogP contribution in [0.5, 0.6) is 5.88 Å². The minimum Gasteiger partial charge on any atom is -0.481 e. The Balaban J connectivity index is 2.01. The highest BCUT2D eigenvalue weighted by molar-refractivity contribution is 9.10. The van der Waals surface area contributed by atoms with Crippen LogP contribution in [-0.2, 0) is 13.1 Å². The Morgan fingerprint density at radius 2 is 2.19 bits per heavy atom. The maximum Gasteiger partial charge on any atom is 0.222 e. The molecule has 2 aromatic rings. The van der Waals surface area contributed by atoms with E-state index in [1.165, 1.54) is 7.11 Å². The number of carbonyl (C=O) groups excluding carboxylic acids is 1. The first-order chi connectivity index (χ1) is 10.1. The summed E-state index contributed by atoms with van der Waals surface area (Å²) in [5.41, 5.74) is 2.58.